The number of carbonyl (C=O) groups is 1. The highest BCUT2D eigenvalue weighted by atomic mass is 16.5. The Morgan fingerprint density at radius 2 is 1.73 bits per heavy atom. The van der Waals surface area contributed by atoms with Crippen LogP contribution in [0.1, 0.15) is 41.8 Å². The standard InChI is InChI=1S/C23H32N4O3/c1-6-16(2)27-22(28)18-9-7-17(8-10-18)14-25-23(24-3)26-15-19-11-12-20(29-4)13-21(19)30-5/h7-13,16H,6,14-15H2,1-5H3,(H,27,28)(H2,24,25,26). The Hall–Kier alpha value is -3.22. The Morgan fingerprint density at radius 3 is 2.33 bits per heavy atom. The smallest absolute Gasteiger partial charge is 0.251 e. The minimum Gasteiger partial charge on any atom is -0.497 e. The third-order valence-electron chi connectivity index (χ3n) is 4.83. The average molecular weight is 413 g/mol. The van der Waals surface area contributed by atoms with E-state index in [2.05, 4.69) is 20.9 Å². The summed E-state index contributed by atoms with van der Waals surface area (Å²) in [4.78, 5) is 16.4. The van der Waals surface area contributed by atoms with Crippen molar-refractivity contribution in [2.75, 3.05) is 21.3 Å². The minimum absolute atomic E-state index is 0.0465. The molecule has 0 aromatic heterocycles. The van der Waals surface area contributed by atoms with E-state index in [4.69, 9.17) is 9.47 Å². The molecule has 0 saturated carbocycles. The topological polar surface area (TPSA) is 84.0 Å². The van der Waals surface area contributed by atoms with E-state index >= 15 is 0 Å². The molecule has 0 spiro atoms. The normalized spacial score (nSPS) is 12.1. The van der Waals surface area contributed by atoms with Crippen molar-refractivity contribution in [3.8, 4) is 11.5 Å². The van der Waals surface area contributed by atoms with E-state index in [1.54, 1.807) is 21.3 Å². The maximum absolute atomic E-state index is 12.2. The molecule has 2 aromatic carbocycles. The molecule has 3 N–H and O–H groups in total. The molecule has 0 saturated heterocycles. The predicted octanol–water partition coefficient (Wildman–Crippen LogP) is 3.10. The number of nitrogens with zero attached hydrogens (tertiary/aromatic N) is 1. The first-order chi connectivity index (χ1) is 14.5. The Bertz CT molecular complexity index is 850. The second-order valence-electron chi connectivity index (χ2n) is 6.94. The van der Waals surface area contributed by atoms with Gasteiger partial charge in [0.15, 0.2) is 5.96 Å². The molecule has 0 bridgehead atoms. The first-order valence-electron chi connectivity index (χ1n) is 10.1. The van der Waals surface area contributed by atoms with Crippen molar-refractivity contribution < 1.29 is 14.3 Å². The van der Waals surface area contributed by atoms with Crippen molar-refractivity contribution in [3.05, 3.63) is 59.2 Å². The summed E-state index contributed by atoms with van der Waals surface area (Å²) in [6.07, 6.45) is 0.905. The molecular weight excluding hydrogens is 380 g/mol. The van der Waals surface area contributed by atoms with Crippen molar-refractivity contribution in [1.82, 2.24) is 16.0 Å². The van der Waals surface area contributed by atoms with Crippen molar-refractivity contribution in [1.29, 1.82) is 0 Å². The van der Waals surface area contributed by atoms with E-state index in [1.165, 1.54) is 0 Å². The SMILES string of the molecule is CCC(C)NC(=O)c1ccc(CNC(=NC)NCc2ccc(OC)cc2OC)cc1. The zero-order valence-corrected chi connectivity index (χ0v) is 18.4. The molecule has 2 aromatic rings. The lowest BCUT2D eigenvalue weighted by Crippen LogP contribution is -2.36. The van der Waals surface area contributed by atoms with E-state index in [1.807, 2.05) is 56.3 Å². The van der Waals surface area contributed by atoms with Gasteiger partial charge in [-0.3, -0.25) is 9.79 Å². The summed E-state index contributed by atoms with van der Waals surface area (Å²) in [5.41, 5.74) is 2.71. The van der Waals surface area contributed by atoms with E-state index in [0.29, 0.717) is 24.6 Å². The molecule has 1 unspecified atom stereocenters. The highest BCUT2D eigenvalue weighted by molar-refractivity contribution is 5.94. The number of hydrogen-bond acceptors (Lipinski definition) is 4. The van der Waals surface area contributed by atoms with Crippen LogP contribution in [0.3, 0.4) is 0 Å². The Morgan fingerprint density at radius 1 is 1.03 bits per heavy atom. The number of carbonyl (C=O) groups excluding carboxylic acids is 1. The Kier molecular flexibility index (Phi) is 9.00. The monoisotopic (exact) mass is 412 g/mol. The van der Waals surface area contributed by atoms with Gasteiger partial charge in [0, 0.05) is 43.4 Å². The van der Waals surface area contributed by atoms with Crippen LogP contribution in [0.5, 0.6) is 11.5 Å². The molecule has 30 heavy (non-hydrogen) atoms. The van der Waals surface area contributed by atoms with E-state index < -0.39 is 0 Å². The van der Waals surface area contributed by atoms with E-state index in [9.17, 15) is 4.79 Å². The van der Waals surface area contributed by atoms with Crippen LogP contribution < -0.4 is 25.4 Å². The first kappa shape index (κ1) is 23.1. The maximum atomic E-state index is 12.2. The van der Waals surface area contributed by atoms with Gasteiger partial charge in [-0.25, -0.2) is 0 Å². The van der Waals surface area contributed by atoms with Gasteiger partial charge in [0.1, 0.15) is 11.5 Å². The number of methoxy groups -OCH3 is 2. The van der Waals surface area contributed by atoms with Crippen molar-refractivity contribution >= 4 is 11.9 Å². The van der Waals surface area contributed by atoms with Crippen LogP contribution in [0.2, 0.25) is 0 Å². The minimum atomic E-state index is -0.0465. The number of nitrogens with one attached hydrogen (secondary N) is 3. The zero-order valence-electron chi connectivity index (χ0n) is 18.4. The molecule has 7 nitrogen and oxygen atoms in total. The quantitative estimate of drug-likeness (QED) is 0.435. The third kappa shape index (κ3) is 6.69. The predicted molar refractivity (Wildman–Crippen MR) is 120 cm³/mol. The molecule has 1 amide bonds. The second kappa shape index (κ2) is 11.7. The average Bonchev–Trinajstić information content (AvgIpc) is 2.79. The van der Waals surface area contributed by atoms with E-state index in [0.717, 1.165) is 29.0 Å². The van der Waals surface area contributed by atoms with Gasteiger partial charge in [-0.1, -0.05) is 19.1 Å². The van der Waals surface area contributed by atoms with Gasteiger partial charge in [-0.15, -0.1) is 0 Å². The fraction of sp³-hybridized carbons (Fsp3) is 0.391. The number of aliphatic imine (C=N–C) groups is 1. The molecule has 2 rings (SSSR count). The summed E-state index contributed by atoms with van der Waals surface area (Å²) in [5, 5.41) is 9.53. The second-order valence-corrected chi connectivity index (χ2v) is 6.94. The molecular formula is C23H32N4O3. The maximum Gasteiger partial charge on any atom is 0.251 e. The zero-order chi connectivity index (χ0) is 21.9. The van der Waals surface area contributed by atoms with Crippen LogP contribution in [0, 0.1) is 0 Å². The van der Waals surface area contributed by atoms with Gasteiger partial charge >= 0.3 is 0 Å². The van der Waals surface area contributed by atoms with Crippen LogP contribution in [0.15, 0.2) is 47.5 Å². The molecule has 0 aliphatic rings. The molecule has 162 valence electrons. The van der Waals surface area contributed by atoms with Crippen LogP contribution in [0.4, 0.5) is 0 Å². The first-order valence-corrected chi connectivity index (χ1v) is 10.1. The summed E-state index contributed by atoms with van der Waals surface area (Å²) in [7, 11) is 4.99. The van der Waals surface area contributed by atoms with Crippen molar-refractivity contribution in [3.63, 3.8) is 0 Å². The van der Waals surface area contributed by atoms with Gasteiger partial charge in [-0.05, 0) is 43.2 Å². The highest BCUT2D eigenvalue weighted by Crippen LogP contribution is 2.24. The van der Waals surface area contributed by atoms with Crippen LogP contribution in [-0.4, -0.2) is 39.2 Å². The summed E-state index contributed by atoms with van der Waals surface area (Å²) in [5.74, 6) is 2.13. The molecule has 0 aliphatic carbocycles. The van der Waals surface area contributed by atoms with Crippen molar-refractivity contribution in [2.45, 2.75) is 39.4 Å². The molecule has 0 heterocycles. The molecule has 0 fully saturated rings. The Labute approximate surface area is 178 Å². The Balaban J connectivity index is 1.89. The van der Waals surface area contributed by atoms with Crippen LogP contribution >= 0.6 is 0 Å². The summed E-state index contributed by atoms with van der Waals surface area (Å²) >= 11 is 0. The summed E-state index contributed by atoms with van der Waals surface area (Å²) in [6, 6.07) is 13.4. The number of rotatable bonds is 9. The number of ether oxygens (including phenoxy) is 2. The summed E-state index contributed by atoms with van der Waals surface area (Å²) in [6.45, 7) is 5.19. The highest BCUT2D eigenvalue weighted by Gasteiger charge is 2.09. The number of benzene rings is 2. The third-order valence-corrected chi connectivity index (χ3v) is 4.83. The summed E-state index contributed by atoms with van der Waals surface area (Å²) < 4.78 is 10.7. The number of hydrogen-bond donors (Lipinski definition) is 3. The lowest BCUT2D eigenvalue weighted by atomic mass is 10.1. The van der Waals surface area contributed by atoms with E-state index in [-0.39, 0.29) is 11.9 Å². The van der Waals surface area contributed by atoms with Gasteiger partial charge in [0.2, 0.25) is 0 Å². The van der Waals surface area contributed by atoms with Gasteiger partial charge < -0.3 is 25.4 Å². The fourth-order valence-corrected chi connectivity index (χ4v) is 2.77. The van der Waals surface area contributed by atoms with Gasteiger partial charge in [0.05, 0.1) is 14.2 Å². The van der Waals surface area contributed by atoms with Crippen LogP contribution in [0.25, 0.3) is 0 Å². The molecule has 7 heteroatoms. The van der Waals surface area contributed by atoms with Crippen molar-refractivity contribution in [2.24, 2.45) is 4.99 Å². The molecule has 0 radical (unpaired) electrons. The number of amides is 1. The fourth-order valence-electron chi connectivity index (χ4n) is 2.77. The van der Waals surface area contributed by atoms with Crippen LogP contribution in [-0.2, 0) is 13.1 Å². The molecule has 1 atom stereocenters. The van der Waals surface area contributed by atoms with Gasteiger partial charge in [-0.2, -0.15) is 0 Å². The number of guanidine groups is 1. The molecule has 0 aliphatic heterocycles. The largest absolute Gasteiger partial charge is 0.497 e. The lowest BCUT2D eigenvalue weighted by molar-refractivity contribution is 0.0939. The van der Waals surface area contributed by atoms with Gasteiger partial charge in [0.25, 0.3) is 5.91 Å². The lowest BCUT2D eigenvalue weighted by Gasteiger charge is -2.15.